The van der Waals surface area contributed by atoms with Gasteiger partial charge >= 0.3 is 6.18 Å². The number of anilines is 1. The summed E-state index contributed by atoms with van der Waals surface area (Å²) in [5, 5.41) is 12.6. The van der Waals surface area contributed by atoms with Crippen LogP contribution in [0.25, 0.3) is 0 Å². The lowest BCUT2D eigenvalue weighted by atomic mass is 10.0. The number of carbonyl (C=O) groups excluding carboxylic acids is 3. The Balaban J connectivity index is 1.88. The third-order valence-corrected chi connectivity index (χ3v) is 8.05. The molecule has 0 fully saturated rings. The number of rotatable bonds is 9. The van der Waals surface area contributed by atoms with Crippen molar-refractivity contribution in [3.63, 3.8) is 0 Å². The largest absolute Gasteiger partial charge is 0.490 e. The number of carbonyl (C=O) groups is 3. The molecule has 0 spiro atoms. The molecule has 0 radical (unpaired) electrons. The second kappa shape index (κ2) is 17.3. The minimum atomic E-state index is -4.47. The van der Waals surface area contributed by atoms with E-state index < -0.39 is 43.0 Å². The van der Waals surface area contributed by atoms with E-state index in [1.807, 2.05) is 44.2 Å². The molecular weight excluding hydrogens is 603 g/mol. The first kappa shape index (κ1) is 36.8. The molecule has 3 rings (SSSR count). The van der Waals surface area contributed by atoms with E-state index >= 15 is 0 Å². The molecule has 0 aliphatic carbocycles. The molecule has 0 unspecified atom stereocenters. The van der Waals surface area contributed by atoms with Crippen LogP contribution in [0.5, 0.6) is 5.75 Å². The van der Waals surface area contributed by atoms with Gasteiger partial charge in [-0.3, -0.25) is 14.4 Å². The Morgan fingerprint density at radius 1 is 1.13 bits per heavy atom. The molecule has 9 nitrogen and oxygen atoms in total. The topological polar surface area (TPSA) is 108 Å². The molecule has 4 atom stereocenters. The predicted octanol–water partition coefficient (Wildman–Crippen LogP) is 5.46. The van der Waals surface area contributed by atoms with Crippen molar-refractivity contribution in [1.82, 2.24) is 9.80 Å². The molecule has 0 bridgehead atoms. The SMILES string of the molecule is C[C@@H]1CCCCO[C@H](CN(C)C(=O)Cc2ccccc2)[C@H](C)CN([C@H](C)CO)C(=O)c2cc(NC(=O)CCC(F)(F)F)ccc2O1. The smallest absolute Gasteiger partial charge is 0.389 e. The van der Waals surface area contributed by atoms with Crippen LogP contribution in [0.15, 0.2) is 48.5 Å². The van der Waals surface area contributed by atoms with Crippen LogP contribution >= 0.6 is 0 Å². The van der Waals surface area contributed by atoms with Crippen LogP contribution in [0.2, 0.25) is 0 Å². The fraction of sp³-hybridized carbons (Fsp3) is 0.559. The Kier molecular flexibility index (Phi) is 13.9. The summed E-state index contributed by atoms with van der Waals surface area (Å²) in [6.45, 7) is 6.09. The van der Waals surface area contributed by atoms with Crippen LogP contribution in [0.3, 0.4) is 0 Å². The average Bonchev–Trinajstić information content (AvgIpc) is 3.01. The average molecular weight is 650 g/mol. The standard InChI is InChI=1S/C34H46F3N3O6/c1-23-20-40(24(2)22-41)33(44)28-19-27(38-31(42)15-16-34(35,36)37)13-14-29(28)46-25(3)10-8-9-17-45-30(23)21-39(4)32(43)18-26-11-6-5-7-12-26/h5-7,11-14,19,23-25,30,41H,8-10,15-18,20-22H2,1-4H3,(H,38,42)/t23-,24-,25-,30-/m1/s1. The summed E-state index contributed by atoms with van der Waals surface area (Å²) < 4.78 is 50.4. The molecule has 1 aliphatic heterocycles. The number of halogens is 3. The van der Waals surface area contributed by atoms with Gasteiger partial charge in [0.15, 0.2) is 0 Å². The summed E-state index contributed by atoms with van der Waals surface area (Å²) in [6.07, 6.45) is -4.73. The molecule has 2 aromatic carbocycles. The van der Waals surface area contributed by atoms with Crippen LogP contribution in [0.1, 0.15) is 68.8 Å². The van der Waals surface area contributed by atoms with Crippen molar-refractivity contribution < 1.29 is 42.1 Å². The highest BCUT2D eigenvalue weighted by Crippen LogP contribution is 2.29. The lowest BCUT2D eigenvalue weighted by molar-refractivity contribution is -0.142. The van der Waals surface area contributed by atoms with Crippen LogP contribution in [-0.4, -0.2) is 90.4 Å². The van der Waals surface area contributed by atoms with Crippen molar-refractivity contribution in [2.24, 2.45) is 5.92 Å². The van der Waals surface area contributed by atoms with Crippen molar-refractivity contribution >= 4 is 23.4 Å². The number of amides is 3. The number of hydrogen-bond donors (Lipinski definition) is 2. The summed E-state index contributed by atoms with van der Waals surface area (Å²) in [6, 6.07) is 13.2. The number of benzene rings is 2. The van der Waals surface area contributed by atoms with Crippen LogP contribution in [0, 0.1) is 5.92 Å². The van der Waals surface area contributed by atoms with Gasteiger partial charge in [-0.2, -0.15) is 13.2 Å². The van der Waals surface area contributed by atoms with Gasteiger partial charge in [0.25, 0.3) is 5.91 Å². The molecule has 0 saturated heterocycles. The fourth-order valence-corrected chi connectivity index (χ4v) is 5.22. The zero-order valence-electron chi connectivity index (χ0n) is 27.0. The zero-order chi connectivity index (χ0) is 33.9. The van der Waals surface area contributed by atoms with E-state index in [0.29, 0.717) is 19.6 Å². The van der Waals surface area contributed by atoms with E-state index in [-0.39, 0.29) is 54.5 Å². The van der Waals surface area contributed by atoms with Crippen molar-refractivity contribution in [3.8, 4) is 5.75 Å². The maximum absolute atomic E-state index is 14.2. The Bertz CT molecular complexity index is 1290. The Morgan fingerprint density at radius 2 is 1.85 bits per heavy atom. The highest BCUT2D eigenvalue weighted by molar-refractivity contribution is 5.99. The molecule has 2 N–H and O–H groups in total. The third-order valence-electron chi connectivity index (χ3n) is 8.05. The van der Waals surface area contributed by atoms with Crippen molar-refractivity contribution in [2.45, 2.75) is 83.7 Å². The number of nitrogens with one attached hydrogen (secondary N) is 1. The fourth-order valence-electron chi connectivity index (χ4n) is 5.22. The van der Waals surface area contributed by atoms with Gasteiger partial charge in [-0.15, -0.1) is 0 Å². The molecule has 1 heterocycles. The van der Waals surface area contributed by atoms with E-state index in [1.165, 1.54) is 23.1 Å². The van der Waals surface area contributed by atoms with Crippen molar-refractivity contribution in [2.75, 3.05) is 38.7 Å². The summed E-state index contributed by atoms with van der Waals surface area (Å²) in [5.41, 5.74) is 1.16. The van der Waals surface area contributed by atoms with Gasteiger partial charge in [0.1, 0.15) is 5.75 Å². The number of alkyl halides is 3. The molecule has 3 amide bonds. The lowest BCUT2D eigenvalue weighted by Gasteiger charge is -2.36. The second-order valence-electron chi connectivity index (χ2n) is 12.1. The van der Waals surface area contributed by atoms with E-state index in [2.05, 4.69) is 5.32 Å². The second-order valence-corrected chi connectivity index (χ2v) is 12.1. The van der Waals surface area contributed by atoms with E-state index in [0.717, 1.165) is 18.4 Å². The lowest BCUT2D eigenvalue weighted by Crippen LogP contribution is -2.48. The molecule has 12 heteroatoms. The third kappa shape index (κ3) is 11.6. The molecule has 46 heavy (non-hydrogen) atoms. The van der Waals surface area contributed by atoms with Crippen LogP contribution < -0.4 is 10.1 Å². The molecule has 0 aromatic heterocycles. The Labute approximate surface area is 269 Å². The summed E-state index contributed by atoms with van der Waals surface area (Å²) in [5.74, 6) is -1.37. The number of fused-ring (bicyclic) bond motifs is 1. The minimum Gasteiger partial charge on any atom is -0.490 e. The maximum atomic E-state index is 14.2. The van der Waals surface area contributed by atoms with Gasteiger partial charge < -0.3 is 29.7 Å². The number of ether oxygens (including phenoxy) is 2. The van der Waals surface area contributed by atoms with E-state index in [9.17, 15) is 32.7 Å². The Hall–Kier alpha value is -3.64. The van der Waals surface area contributed by atoms with Crippen LogP contribution in [0.4, 0.5) is 18.9 Å². The molecule has 254 valence electrons. The molecule has 1 aliphatic rings. The molecule has 2 aromatic rings. The van der Waals surface area contributed by atoms with Crippen molar-refractivity contribution in [1.29, 1.82) is 0 Å². The van der Waals surface area contributed by atoms with Crippen molar-refractivity contribution in [3.05, 3.63) is 59.7 Å². The number of aliphatic hydroxyl groups is 1. The first-order valence-electron chi connectivity index (χ1n) is 15.8. The monoisotopic (exact) mass is 649 g/mol. The number of nitrogens with zero attached hydrogens (tertiary/aromatic N) is 2. The van der Waals surface area contributed by atoms with Gasteiger partial charge in [0, 0.05) is 44.8 Å². The van der Waals surface area contributed by atoms with E-state index in [1.54, 1.807) is 18.9 Å². The van der Waals surface area contributed by atoms with Gasteiger partial charge in [-0.25, -0.2) is 0 Å². The first-order valence-corrected chi connectivity index (χ1v) is 15.8. The van der Waals surface area contributed by atoms with Gasteiger partial charge in [0.2, 0.25) is 11.8 Å². The maximum Gasteiger partial charge on any atom is 0.389 e. The summed E-state index contributed by atoms with van der Waals surface area (Å²) in [4.78, 5) is 42.6. The molecular formula is C34H46F3N3O6. The normalized spacial score (nSPS) is 20.6. The number of hydrogen-bond acceptors (Lipinski definition) is 6. The number of aliphatic hydroxyl groups excluding tert-OH is 1. The summed E-state index contributed by atoms with van der Waals surface area (Å²) >= 11 is 0. The van der Waals surface area contributed by atoms with E-state index in [4.69, 9.17) is 9.47 Å². The summed E-state index contributed by atoms with van der Waals surface area (Å²) in [7, 11) is 1.73. The number of likely N-dealkylation sites (N-methyl/N-ethyl adjacent to an activating group) is 1. The van der Waals surface area contributed by atoms with Gasteiger partial charge in [0.05, 0.1) is 43.3 Å². The first-order chi connectivity index (χ1) is 21.8. The van der Waals surface area contributed by atoms with Crippen LogP contribution in [-0.2, 0) is 20.7 Å². The Morgan fingerprint density at radius 3 is 2.52 bits per heavy atom. The quantitative estimate of drug-likeness (QED) is 0.374. The highest BCUT2D eigenvalue weighted by atomic mass is 19.4. The zero-order valence-corrected chi connectivity index (χ0v) is 27.0. The highest BCUT2D eigenvalue weighted by Gasteiger charge is 2.31. The van der Waals surface area contributed by atoms with Gasteiger partial charge in [-0.1, -0.05) is 37.3 Å². The minimum absolute atomic E-state index is 0.0669. The molecule has 0 saturated carbocycles. The predicted molar refractivity (Wildman–Crippen MR) is 169 cm³/mol. The van der Waals surface area contributed by atoms with Gasteiger partial charge in [-0.05, 0) is 56.9 Å².